The molecule has 0 nitrogen and oxygen atoms in total. The molecule has 66 valence electrons. The predicted octanol–water partition coefficient (Wildman–Crippen LogP) is 4.02. The van der Waals surface area contributed by atoms with Crippen molar-refractivity contribution in [3.05, 3.63) is 12.2 Å². The standard InChI is InChI=1S/C11H22/c1-7-9(2)10(3)8-11(4,5)6/h10H,2,7-8H2,1,3-6H3. The van der Waals surface area contributed by atoms with E-state index in [1.54, 1.807) is 0 Å². The molecular weight excluding hydrogens is 132 g/mol. The van der Waals surface area contributed by atoms with Crippen LogP contribution in [0.4, 0.5) is 0 Å². The minimum absolute atomic E-state index is 0.442. The second-order valence-corrected chi connectivity index (χ2v) is 4.68. The molecule has 0 aliphatic rings. The van der Waals surface area contributed by atoms with Gasteiger partial charge in [-0.05, 0) is 24.2 Å². The topological polar surface area (TPSA) is 0 Å². The zero-order valence-electron chi connectivity index (χ0n) is 8.70. The van der Waals surface area contributed by atoms with E-state index < -0.39 is 0 Å². The van der Waals surface area contributed by atoms with Crippen molar-refractivity contribution in [2.24, 2.45) is 11.3 Å². The van der Waals surface area contributed by atoms with Gasteiger partial charge in [-0.2, -0.15) is 0 Å². The minimum Gasteiger partial charge on any atom is -0.0996 e. The summed E-state index contributed by atoms with van der Waals surface area (Å²) >= 11 is 0. The molecule has 0 bridgehead atoms. The largest absolute Gasteiger partial charge is 0.0996 e. The molecule has 0 aliphatic carbocycles. The number of rotatable bonds is 3. The predicted molar refractivity (Wildman–Crippen MR) is 52.7 cm³/mol. The van der Waals surface area contributed by atoms with E-state index in [1.807, 2.05) is 0 Å². The fraction of sp³-hybridized carbons (Fsp3) is 0.818. The average molecular weight is 154 g/mol. The molecule has 0 aromatic rings. The first-order valence-electron chi connectivity index (χ1n) is 4.54. The van der Waals surface area contributed by atoms with E-state index in [0.29, 0.717) is 11.3 Å². The summed E-state index contributed by atoms with van der Waals surface area (Å²) in [5.74, 6) is 0.681. The van der Waals surface area contributed by atoms with Crippen LogP contribution in [0, 0.1) is 11.3 Å². The highest BCUT2D eigenvalue weighted by molar-refractivity contribution is 4.98. The van der Waals surface area contributed by atoms with Gasteiger partial charge in [-0.25, -0.2) is 0 Å². The molecule has 0 saturated heterocycles. The van der Waals surface area contributed by atoms with Crippen LogP contribution in [-0.4, -0.2) is 0 Å². The van der Waals surface area contributed by atoms with Crippen LogP contribution in [0.15, 0.2) is 12.2 Å². The maximum atomic E-state index is 4.06. The van der Waals surface area contributed by atoms with Crippen LogP contribution < -0.4 is 0 Å². The molecule has 1 unspecified atom stereocenters. The molecule has 0 saturated carbocycles. The Hall–Kier alpha value is -0.260. The van der Waals surface area contributed by atoms with Crippen LogP contribution in [0.25, 0.3) is 0 Å². The minimum atomic E-state index is 0.442. The quantitative estimate of drug-likeness (QED) is 0.538. The third kappa shape index (κ3) is 5.06. The molecule has 0 aromatic carbocycles. The number of hydrogen-bond donors (Lipinski definition) is 0. The maximum absolute atomic E-state index is 4.06. The summed E-state index contributed by atoms with van der Waals surface area (Å²) in [6.45, 7) is 15.4. The second kappa shape index (κ2) is 3.94. The van der Waals surface area contributed by atoms with Gasteiger partial charge in [0.2, 0.25) is 0 Å². The molecule has 0 amide bonds. The fourth-order valence-corrected chi connectivity index (χ4v) is 1.41. The molecular formula is C11H22. The first kappa shape index (κ1) is 10.7. The van der Waals surface area contributed by atoms with Crippen molar-refractivity contribution in [3.8, 4) is 0 Å². The SMILES string of the molecule is C=C(CC)C(C)CC(C)(C)C. The zero-order chi connectivity index (χ0) is 9.07. The Balaban J connectivity index is 3.87. The summed E-state index contributed by atoms with van der Waals surface area (Å²) in [5, 5.41) is 0. The maximum Gasteiger partial charge on any atom is -0.0229 e. The second-order valence-electron chi connectivity index (χ2n) is 4.68. The van der Waals surface area contributed by atoms with Gasteiger partial charge in [-0.1, -0.05) is 46.8 Å². The molecule has 0 fully saturated rings. The van der Waals surface area contributed by atoms with Crippen LogP contribution in [0.5, 0.6) is 0 Å². The molecule has 0 N–H and O–H groups in total. The summed E-state index contributed by atoms with van der Waals surface area (Å²) in [7, 11) is 0. The summed E-state index contributed by atoms with van der Waals surface area (Å²) in [5.41, 5.74) is 1.83. The third-order valence-corrected chi connectivity index (χ3v) is 2.07. The van der Waals surface area contributed by atoms with Crippen LogP contribution in [0.1, 0.15) is 47.5 Å². The first-order chi connectivity index (χ1) is 4.87. The van der Waals surface area contributed by atoms with E-state index in [9.17, 15) is 0 Å². The first-order valence-corrected chi connectivity index (χ1v) is 4.54. The number of hydrogen-bond acceptors (Lipinski definition) is 0. The van der Waals surface area contributed by atoms with Crippen LogP contribution in [0.3, 0.4) is 0 Å². The summed E-state index contributed by atoms with van der Waals surface area (Å²) in [6.07, 6.45) is 2.37. The van der Waals surface area contributed by atoms with Crippen molar-refractivity contribution in [2.75, 3.05) is 0 Å². The highest BCUT2D eigenvalue weighted by Gasteiger charge is 2.15. The molecule has 0 aliphatic heterocycles. The van der Waals surface area contributed by atoms with Crippen LogP contribution >= 0.6 is 0 Å². The zero-order valence-corrected chi connectivity index (χ0v) is 8.70. The van der Waals surface area contributed by atoms with E-state index in [1.165, 1.54) is 12.0 Å². The lowest BCUT2D eigenvalue weighted by Gasteiger charge is -2.24. The molecule has 0 heteroatoms. The van der Waals surface area contributed by atoms with Crippen molar-refractivity contribution in [3.63, 3.8) is 0 Å². The Labute approximate surface area is 71.7 Å². The molecule has 0 aromatic heterocycles. The van der Waals surface area contributed by atoms with E-state index in [0.717, 1.165) is 6.42 Å². The summed E-state index contributed by atoms with van der Waals surface area (Å²) in [6, 6.07) is 0. The van der Waals surface area contributed by atoms with Crippen LogP contribution in [0.2, 0.25) is 0 Å². The highest BCUT2D eigenvalue weighted by atomic mass is 14.2. The molecule has 1 atom stereocenters. The third-order valence-electron chi connectivity index (χ3n) is 2.07. The normalized spacial score (nSPS) is 14.6. The van der Waals surface area contributed by atoms with Crippen molar-refractivity contribution >= 4 is 0 Å². The molecule has 0 rings (SSSR count). The van der Waals surface area contributed by atoms with E-state index in [-0.39, 0.29) is 0 Å². The van der Waals surface area contributed by atoms with E-state index >= 15 is 0 Å². The monoisotopic (exact) mass is 154 g/mol. The smallest absolute Gasteiger partial charge is 0.0229 e. The lowest BCUT2D eigenvalue weighted by Crippen LogP contribution is -2.11. The molecule has 11 heavy (non-hydrogen) atoms. The lowest BCUT2D eigenvalue weighted by molar-refractivity contribution is 0.327. The Morgan fingerprint density at radius 2 is 1.82 bits per heavy atom. The summed E-state index contributed by atoms with van der Waals surface area (Å²) < 4.78 is 0. The Kier molecular flexibility index (Phi) is 3.85. The van der Waals surface area contributed by atoms with Gasteiger partial charge < -0.3 is 0 Å². The molecule has 0 heterocycles. The van der Waals surface area contributed by atoms with Gasteiger partial charge in [0.1, 0.15) is 0 Å². The van der Waals surface area contributed by atoms with Gasteiger partial charge in [0.05, 0.1) is 0 Å². The lowest BCUT2D eigenvalue weighted by atomic mass is 9.82. The Bertz CT molecular complexity index is 125. The van der Waals surface area contributed by atoms with Crippen molar-refractivity contribution in [2.45, 2.75) is 47.5 Å². The van der Waals surface area contributed by atoms with Gasteiger partial charge in [-0.3, -0.25) is 0 Å². The van der Waals surface area contributed by atoms with Gasteiger partial charge in [-0.15, -0.1) is 0 Å². The summed E-state index contributed by atoms with van der Waals surface area (Å²) in [4.78, 5) is 0. The van der Waals surface area contributed by atoms with Gasteiger partial charge >= 0.3 is 0 Å². The number of allylic oxidation sites excluding steroid dienone is 1. The average Bonchev–Trinajstić information content (AvgIpc) is 1.82. The highest BCUT2D eigenvalue weighted by Crippen LogP contribution is 2.28. The van der Waals surface area contributed by atoms with E-state index in [2.05, 4.69) is 41.2 Å². The van der Waals surface area contributed by atoms with Crippen molar-refractivity contribution in [1.29, 1.82) is 0 Å². The molecule has 0 radical (unpaired) electrons. The van der Waals surface area contributed by atoms with E-state index in [4.69, 9.17) is 0 Å². The van der Waals surface area contributed by atoms with Crippen LogP contribution in [-0.2, 0) is 0 Å². The Morgan fingerprint density at radius 3 is 2.09 bits per heavy atom. The van der Waals surface area contributed by atoms with Gasteiger partial charge in [0.25, 0.3) is 0 Å². The fourth-order valence-electron chi connectivity index (χ4n) is 1.41. The molecule has 0 spiro atoms. The van der Waals surface area contributed by atoms with Crippen molar-refractivity contribution in [1.82, 2.24) is 0 Å². The van der Waals surface area contributed by atoms with Gasteiger partial charge in [0, 0.05) is 0 Å². The Morgan fingerprint density at radius 1 is 1.36 bits per heavy atom. The van der Waals surface area contributed by atoms with Gasteiger partial charge in [0.15, 0.2) is 0 Å². The van der Waals surface area contributed by atoms with Crippen molar-refractivity contribution < 1.29 is 0 Å².